The van der Waals surface area contributed by atoms with E-state index in [1.807, 2.05) is 6.92 Å². The maximum absolute atomic E-state index is 11.5. The van der Waals surface area contributed by atoms with Crippen molar-refractivity contribution in [3.8, 4) is 0 Å². The summed E-state index contributed by atoms with van der Waals surface area (Å²) in [4.78, 5) is 11.5. The van der Waals surface area contributed by atoms with Crippen molar-refractivity contribution in [2.75, 3.05) is 6.54 Å². The Balaban J connectivity index is 4.12. The molecule has 0 saturated heterocycles. The molecule has 0 unspecified atom stereocenters. The van der Waals surface area contributed by atoms with Crippen molar-refractivity contribution < 1.29 is 4.79 Å². The van der Waals surface area contributed by atoms with Gasteiger partial charge in [0.1, 0.15) is 0 Å². The highest BCUT2D eigenvalue weighted by Gasteiger charge is 2.27. The lowest BCUT2D eigenvalue weighted by atomic mass is 10.0. The highest BCUT2D eigenvalue weighted by Crippen LogP contribution is 2.29. The average molecular weight is 173 g/mol. The van der Waals surface area contributed by atoms with Gasteiger partial charge in [0.05, 0.1) is 0 Å². The topological polar surface area (TPSA) is 29.1 Å². The summed E-state index contributed by atoms with van der Waals surface area (Å²) in [6, 6.07) is 0. The van der Waals surface area contributed by atoms with Crippen LogP contribution in [0.5, 0.6) is 0 Å². The molecule has 11 heavy (non-hydrogen) atoms. The smallest absolute Gasteiger partial charge is 0.222 e. The molecule has 1 N–H and O–H groups in total. The van der Waals surface area contributed by atoms with E-state index < -0.39 is 0 Å². The van der Waals surface area contributed by atoms with E-state index in [2.05, 4.69) is 19.2 Å². The summed E-state index contributed by atoms with van der Waals surface area (Å²) in [5, 5.41) is 2.87. The Morgan fingerprint density at radius 2 is 1.82 bits per heavy atom. The lowest BCUT2D eigenvalue weighted by molar-refractivity contribution is -0.124. The van der Waals surface area contributed by atoms with Crippen LogP contribution in [0.1, 0.15) is 33.6 Å². The second-order valence-corrected chi connectivity index (χ2v) is 5.04. The van der Waals surface area contributed by atoms with E-state index in [-0.39, 0.29) is 10.9 Å². The molecule has 0 radical (unpaired) electrons. The van der Waals surface area contributed by atoms with Crippen LogP contribution in [0.3, 0.4) is 0 Å². The van der Waals surface area contributed by atoms with Crippen molar-refractivity contribution in [3.05, 3.63) is 0 Å². The molecule has 0 heterocycles. The molecular formula is C8H19NOSi. The molecule has 1 amide bonds. The number of carbonyl (C=O) groups excluding carboxylic acids is 1. The lowest BCUT2D eigenvalue weighted by Gasteiger charge is -2.24. The fourth-order valence-corrected chi connectivity index (χ4v) is 1.12. The van der Waals surface area contributed by atoms with Crippen LogP contribution in [0.25, 0.3) is 0 Å². The van der Waals surface area contributed by atoms with Crippen molar-refractivity contribution >= 4 is 16.1 Å². The molecule has 2 nitrogen and oxygen atoms in total. The van der Waals surface area contributed by atoms with Crippen LogP contribution in [-0.2, 0) is 4.79 Å². The maximum atomic E-state index is 11.5. The van der Waals surface area contributed by atoms with Crippen LogP contribution in [0, 0.1) is 0 Å². The van der Waals surface area contributed by atoms with E-state index in [1.54, 1.807) is 0 Å². The van der Waals surface area contributed by atoms with Gasteiger partial charge in [-0.15, -0.1) is 0 Å². The molecule has 0 aromatic rings. The molecular weight excluding hydrogens is 154 g/mol. The molecule has 3 heteroatoms. The molecule has 0 rings (SSSR count). The Morgan fingerprint density at radius 3 is 2.09 bits per heavy atom. The number of hydrogen-bond acceptors (Lipinski definition) is 1. The minimum absolute atomic E-state index is 0.0178. The third-order valence-electron chi connectivity index (χ3n) is 2.45. The molecule has 0 spiro atoms. The van der Waals surface area contributed by atoms with Gasteiger partial charge in [0, 0.05) is 21.8 Å². The summed E-state index contributed by atoms with van der Waals surface area (Å²) in [6.07, 6.45) is 1.95. The van der Waals surface area contributed by atoms with E-state index in [0.29, 0.717) is 0 Å². The first kappa shape index (κ1) is 10.7. The second kappa shape index (κ2) is 4.54. The summed E-state index contributed by atoms with van der Waals surface area (Å²) >= 11 is 0. The van der Waals surface area contributed by atoms with Gasteiger partial charge in [-0.2, -0.15) is 0 Å². The number of nitrogens with one attached hydrogen (secondary N) is 1. The molecule has 0 bridgehead atoms. The van der Waals surface area contributed by atoms with Gasteiger partial charge in [0.25, 0.3) is 0 Å². The highest BCUT2D eigenvalue weighted by atomic mass is 28.1. The normalized spacial score (nSPS) is 11.5. The third-order valence-corrected chi connectivity index (χ3v) is 4.31. The maximum Gasteiger partial charge on any atom is 0.222 e. The monoisotopic (exact) mass is 173 g/mol. The summed E-state index contributed by atoms with van der Waals surface area (Å²) in [5.41, 5.74) is 0. The van der Waals surface area contributed by atoms with Crippen molar-refractivity contribution in [2.45, 2.75) is 38.7 Å². The SMILES string of the molecule is CCNC(=O)C([SiH3])(CC)CC. The molecule has 0 aliphatic carbocycles. The number of carbonyl (C=O) groups is 1. The first-order valence-corrected chi connectivity index (χ1v) is 5.39. The van der Waals surface area contributed by atoms with Gasteiger partial charge in [-0.25, -0.2) is 0 Å². The first-order valence-electron chi connectivity index (χ1n) is 4.39. The van der Waals surface area contributed by atoms with Gasteiger partial charge in [-0.05, 0) is 19.8 Å². The van der Waals surface area contributed by atoms with Gasteiger partial charge >= 0.3 is 0 Å². The van der Waals surface area contributed by atoms with Crippen LogP contribution >= 0.6 is 0 Å². The zero-order chi connectivity index (χ0) is 8.91. The van der Waals surface area contributed by atoms with E-state index in [4.69, 9.17) is 0 Å². The molecule has 0 aromatic heterocycles. The zero-order valence-electron chi connectivity index (χ0n) is 8.03. The van der Waals surface area contributed by atoms with Crippen molar-refractivity contribution in [1.29, 1.82) is 0 Å². The van der Waals surface area contributed by atoms with Gasteiger partial charge in [-0.3, -0.25) is 4.79 Å². The van der Waals surface area contributed by atoms with Crippen LogP contribution in [-0.4, -0.2) is 22.7 Å². The van der Waals surface area contributed by atoms with Crippen molar-refractivity contribution in [3.63, 3.8) is 0 Å². The van der Waals surface area contributed by atoms with E-state index >= 15 is 0 Å². The van der Waals surface area contributed by atoms with Gasteiger partial charge in [0.2, 0.25) is 5.91 Å². The number of amides is 1. The molecule has 0 aromatic carbocycles. The largest absolute Gasteiger partial charge is 0.356 e. The minimum atomic E-state index is -0.0178. The summed E-state index contributed by atoms with van der Waals surface area (Å²) in [7, 11) is 0.956. The van der Waals surface area contributed by atoms with Crippen LogP contribution in [0.4, 0.5) is 0 Å². The Labute approximate surface area is 72.2 Å². The van der Waals surface area contributed by atoms with Gasteiger partial charge < -0.3 is 5.32 Å². The van der Waals surface area contributed by atoms with E-state index in [9.17, 15) is 4.79 Å². The minimum Gasteiger partial charge on any atom is -0.356 e. The van der Waals surface area contributed by atoms with Gasteiger partial charge in [0.15, 0.2) is 0 Å². The Kier molecular flexibility index (Phi) is 4.41. The fraction of sp³-hybridized carbons (Fsp3) is 0.875. The molecule has 0 saturated carbocycles. The standard InChI is InChI=1S/C8H19NOSi/c1-4-8(11,5-2)7(10)9-6-3/h4-6H2,1-3,11H3,(H,9,10). The summed E-state index contributed by atoms with van der Waals surface area (Å²) in [5.74, 6) is 0.247. The number of hydrogen-bond donors (Lipinski definition) is 1. The molecule has 0 aliphatic heterocycles. The predicted molar refractivity (Wildman–Crippen MR) is 51.9 cm³/mol. The summed E-state index contributed by atoms with van der Waals surface area (Å²) < 4.78 is 0. The van der Waals surface area contributed by atoms with Crippen molar-refractivity contribution in [2.24, 2.45) is 0 Å². The quantitative estimate of drug-likeness (QED) is 0.615. The molecule has 0 atom stereocenters. The fourth-order valence-electron chi connectivity index (χ4n) is 0.945. The zero-order valence-corrected chi connectivity index (χ0v) is 10.0. The lowest BCUT2D eigenvalue weighted by Crippen LogP contribution is -2.35. The second-order valence-electron chi connectivity index (χ2n) is 3.13. The third kappa shape index (κ3) is 2.65. The Morgan fingerprint density at radius 1 is 1.36 bits per heavy atom. The predicted octanol–water partition coefficient (Wildman–Crippen LogP) is 0.467. The Bertz CT molecular complexity index is 132. The van der Waals surface area contributed by atoms with Crippen LogP contribution < -0.4 is 5.32 Å². The first-order chi connectivity index (χ1) is 5.10. The molecule has 66 valence electrons. The van der Waals surface area contributed by atoms with E-state index in [1.165, 1.54) is 0 Å². The summed E-state index contributed by atoms with van der Waals surface area (Å²) in [6.45, 7) is 6.89. The molecule has 0 aliphatic rings. The molecule has 0 fully saturated rings. The van der Waals surface area contributed by atoms with Crippen molar-refractivity contribution in [1.82, 2.24) is 5.32 Å². The Hall–Kier alpha value is -0.313. The van der Waals surface area contributed by atoms with Crippen LogP contribution in [0.2, 0.25) is 5.04 Å². The highest BCUT2D eigenvalue weighted by molar-refractivity contribution is 6.28. The van der Waals surface area contributed by atoms with E-state index in [0.717, 1.165) is 29.6 Å². The van der Waals surface area contributed by atoms with Crippen LogP contribution in [0.15, 0.2) is 0 Å². The number of rotatable bonds is 4. The van der Waals surface area contributed by atoms with Gasteiger partial charge in [-0.1, -0.05) is 13.8 Å². The average Bonchev–Trinajstić information content (AvgIpc) is 2.03.